The highest BCUT2D eigenvalue weighted by molar-refractivity contribution is 7.90. The van der Waals surface area contributed by atoms with Gasteiger partial charge in [-0.1, -0.05) is 18.2 Å². The summed E-state index contributed by atoms with van der Waals surface area (Å²) in [7, 11) is -4.15. The van der Waals surface area contributed by atoms with Crippen LogP contribution < -0.4 is 5.32 Å². The molecule has 5 rings (SSSR count). The lowest BCUT2D eigenvalue weighted by atomic mass is 10.2. The minimum Gasteiger partial charge on any atom is -0.336 e. The van der Waals surface area contributed by atoms with Crippen molar-refractivity contribution in [2.75, 3.05) is 5.32 Å². The Morgan fingerprint density at radius 1 is 1.13 bits per heavy atom. The Morgan fingerprint density at radius 3 is 2.74 bits per heavy atom. The van der Waals surface area contributed by atoms with E-state index in [1.165, 1.54) is 12.1 Å². The third-order valence-corrected chi connectivity index (χ3v) is 6.42. The number of aryl methyl sites for hydroxylation is 1. The lowest BCUT2D eigenvalue weighted by Crippen LogP contribution is -2.22. The van der Waals surface area contributed by atoms with Crippen molar-refractivity contribution in [3.05, 3.63) is 70.5 Å². The van der Waals surface area contributed by atoms with Gasteiger partial charge in [-0.15, -0.1) is 14.3 Å². The molecule has 11 nitrogen and oxygen atoms in total. The van der Waals surface area contributed by atoms with E-state index >= 15 is 0 Å². The van der Waals surface area contributed by atoms with E-state index in [1.54, 1.807) is 19.2 Å². The zero-order valence-corrected chi connectivity index (χ0v) is 16.7. The largest absolute Gasteiger partial charge is 0.336 e. The molecule has 3 heterocycles. The number of benzene rings is 2. The third-order valence-electron chi connectivity index (χ3n) is 4.80. The zero-order chi connectivity index (χ0) is 21.8. The second-order valence-corrected chi connectivity index (χ2v) is 8.48. The van der Waals surface area contributed by atoms with Crippen LogP contribution in [0.15, 0.2) is 69.9 Å². The summed E-state index contributed by atoms with van der Waals surface area (Å²) in [5.74, 6) is 0.107. The Labute approximate surface area is 175 Å². The van der Waals surface area contributed by atoms with Gasteiger partial charge in [0.05, 0.1) is 21.8 Å². The van der Waals surface area contributed by atoms with Crippen LogP contribution in [0.2, 0.25) is 0 Å². The number of hydrogen-bond donors (Lipinski definition) is 1. The van der Waals surface area contributed by atoms with Gasteiger partial charge in [-0.05, 0) is 25.1 Å². The van der Waals surface area contributed by atoms with Crippen LogP contribution in [0.4, 0.5) is 28.6 Å². The highest BCUT2D eigenvalue weighted by Crippen LogP contribution is 2.42. The molecule has 12 heteroatoms. The van der Waals surface area contributed by atoms with Crippen molar-refractivity contribution in [2.24, 2.45) is 10.2 Å². The first-order valence-corrected chi connectivity index (χ1v) is 10.5. The van der Waals surface area contributed by atoms with Gasteiger partial charge in [0.25, 0.3) is 15.7 Å². The molecule has 0 bridgehead atoms. The lowest BCUT2D eigenvalue weighted by molar-refractivity contribution is -0.385. The van der Waals surface area contributed by atoms with Gasteiger partial charge in [-0.3, -0.25) is 15.1 Å². The molecule has 1 aliphatic heterocycles. The number of para-hydroxylation sites is 1. The Balaban J connectivity index is 1.62. The van der Waals surface area contributed by atoms with Crippen LogP contribution in [0, 0.1) is 17.0 Å². The Kier molecular flexibility index (Phi) is 4.05. The van der Waals surface area contributed by atoms with E-state index in [1.807, 2.05) is 24.3 Å². The highest BCUT2D eigenvalue weighted by atomic mass is 32.2. The molecule has 0 fully saturated rings. The average Bonchev–Trinajstić information content (AvgIpc) is 3.08. The van der Waals surface area contributed by atoms with E-state index in [0.29, 0.717) is 16.9 Å². The Morgan fingerprint density at radius 2 is 1.94 bits per heavy atom. The highest BCUT2D eigenvalue weighted by Gasteiger charge is 2.34. The maximum absolute atomic E-state index is 13.0. The molecule has 0 radical (unpaired) electrons. The number of nitrogens with one attached hydrogen (secondary N) is 1. The molecule has 0 unspecified atom stereocenters. The van der Waals surface area contributed by atoms with Crippen LogP contribution in [0.1, 0.15) is 5.69 Å². The fourth-order valence-electron chi connectivity index (χ4n) is 3.33. The minimum atomic E-state index is -4.15. The molecule has 2 aromatic heterocycles. The van der Waals surface area contributed by atoms with Gasteiger partial charge in [0.15, 0.2) is 11.5 Å². The predicted octanol–water partition coefficient (Wildman–Crippen LogP) is 4.36. The van der Waals surface area contributed by atoms with Crippen LogP contribution in [0.5, 0.6) is 0 Å². The molecule has 0 saturated carbocycles. The topological polar surface area (TPSA) is 145 Å². The third kappa shape index (κ3) is 2.92. The second-order valence-electron chi connectivity index (χ2n) is 6.75. The number of nitro benzene ring substituents is 1. The lowest BCUT2D eigenvalue weighted by Gasteiger charge is -2.19. The van der Waals surface area contributed by atoms with Crippen molar-refractivity contribution in [3.63, 3.8) is 0 Å². The molecule has 0 amide bonds. The van der Waals surface area contributed by atoms with E-state index in [2.05, 4.69) is 25.6 Å². The van der Waals surface area contributed by atoms with Crippen molar-refractivity contribution >= 4 is 49.5 Å². The molecule has 1 N–H and O–H groups in total. The van der Waals surface area contributed by atoms with Gasteiger partial charge < -0.3 is 5.32 Å². The number of aromatic nitrogens is 3. The maximum Gasteiger partial charge on any atom is 0.287 e. The predicted molar refractivity (Wildman–Crippen MR) is 112 cm³/mol. The molecule has 1 aliphatic rings. The molecule has 2 aromatic carbocycles. The number of rotatable bonds is 3. The second kappa shape index (κ2) is 6.67. The normalized spacial score (nSPS) is 14.2. The molecule has 31 heavy (non-hydrogen) atoms. The standard InChI is InChI=1S/C19H13N7O4S/c1-11-17(23-22-15-6-2-4-12-5-3-9-20-18(12)15)19-21-14-8-7-13(26(27)28)10-16(14)31(29,30)25(19)24-11/h2-10,21H,1H3. The van der Waals surface area contributed by atoms with Crippen molar-refractivity contribution in [1.82, 2.24) is 14.2 Å². The first kappa shape index (κ1) is 18.8. The van der Waals surface area contributed by atoms with E-state index in [0.717, 1.165) is 15.5 Å². The summed E-state index contributed by atoms with van der Waals surface area (Å²) in [4.78, 5) is 14.5. The molecular weight excluding hydrogens is 422 g/mol. The summed E-state index contributed by atoms with van der Waals surface area (Å²) in [6.45, 7) is 1.60. The average molecular weight is 435 g/mol. The van der Waals surface area contributed by atoms with Crippen molar-refractivity contribution in [3.8, 4) is 0 Å². The van der Waals surface area contributed by atoms with Crippen LogP contribution in [0.25, 0.3) is 10.9 Å². The number of nitro groups is 1. The summed E-state index contributed by atoms with van der Waals surface area (Å²) >= 11 is 0. The van der Waals surface area contributed by atoms with Gasteiger partial charge in [-0.2, -0.15) is 13.5 Å². The minimum absolute atomic E-state index is 0.107. The Hall–Kier alpha value is -4.19. The summed E-state index contributed by atoms with van der Waals surface area (Å²) in [6.07, 6.45) is 1.65. The van der Waals surface area contributed by atoms with E-state index in [9.17, 15) is 18.5 Å². The first-order chi connectivity index (χ1) is 14.9. The molecule has 0 aliphatic carbocycles. The summed E-state index contributed by atoms with van der Waals surface area (Å²) in [6, 6.07) is 12.8. The maximum atomic E-state index is 13.0. The summed E-state index contributed by atoms with van der Waals surface area (Å²) < 4.78 is 26.9. The number of fused-ring (bicyclic) bond motifs is 3. The summed E-state index contributed by atoms with van der Waals surface area (Å²) in [5, 5.41) is 27.5. The Bertz CT molecular complexity index is 1520. The van der Waals surface area contributed by atoms with Gasteiger partial charge in [0, 0.05) is 23.7 Å². The molecule has 0 spiro atoms. The van der Waals surface area contributed by atoms with Crippen LogP contribution in [-0.4, -0.2) is 27.5 Å². The van der Waals surface area contributed by atoms with Crippen molar-refractivity contribution in [1.29, 1.82) is 0 Å². The molecule has 4 aromatic rings. The number of azo groups is 1. The van der Waals surface area contributed by atoms with Crippen LogP contribution in [-0.2, 0) is 10.0 Å². The molecule has 154 valence electrons. The smallest absolute Gasteiger partial charge is 0.287 e. The van der Waals surface area contributed by atoms with Gasteiger partial charge in [0.1, 0.15) is 10.6 Å². The van der Waals surface area contributed by atoms with E-state index in [4.69, 9.17) is 0 Å². The van der Waals surface area contributed by atoms with Crippen molar-refractivity contribution < 1.29 is 13.3 Å². The quantitative estimate of drug-likeness (QED) is 0.252. The SMILES string of the molecule is Cc1nn2c(c1N=Nc1cccc3cccnc13)Nc1ccc([N+](=O)[O-])cc1S2(=O)=O. The van der Waals surface area contributed by atoms with E-state index in [-0.39, 0.29) is 27.8 Å². The van der Waals surface area contributed by atoms with Crippen LogP contribution in [0.3, 0.4) is 0 Å². The fraction of sp³-hybridized carbons (Fsp3) is 0.0526. The molecular formula is C19H13N7O4S. The van der Waals surface area contributed by atoms with Crippen molar-refractivity contribution in [2.45, 2.75) is 11.8 Å². The number of non-ortho nitro benzene ring substituents is 1. The van der Waals surface area contributed by atoms with Gasteiger partial charge in [0.2, 0.25) is 0 Å². The molecule has 0 atom stereocenters. The number of nitrogens with zero attached hydrogens (tertiary/aromatic N) is 6. The van der Waals surface area contributed by atoms with Gasteiger partial charge in [-0.25, -0.2) is 0 Å². The fourth-order valence-corrected chi connectivity index (χ4v) is 4.79. The number of pyridine rings is 1. The monoisotopic (exact) mass is 435 g/mol. The van der Waals surface area contributed by atoms with Crippen LogP contribution >= 0.6 is 0 Å². The number of anilines is 2. The number of hydrogen-bond acceptors (Lipinski definition) is 9. The van der Waals surface area contributed by atoms with E-state index < -0.39 is 14.9 Å². The van der Waals surface area contributed by atoms with Gasteiger partial charge >= 0.3 is 0 Å². The zero-order valence-electron chi connectivity index (χ0n) is 15.9. The molecule has 0 saturated heterocycles. The summed E-state index contributed by atoms with van der Waals surface area (Å²) in [5.41, 5.74) is 1.60. The first-order valence-electron chi connectivity index (χ1n) is 9.02.